The number of carbonyl (C=O) groups excluding carboxylic acids is 2. The van der Waals surface area contributed by atoms with E-state index < -0.39 is 46.4 Å². The Kier molecular flexibility index (Phi) is 4.30. The Labute approximate surface area is 180 Å². The van der Waals surface area contributed by atoms with E-state index in [-0.39, 0.29) is 36.6 Å². The number of allylic oxidation sites excluding steroid dienone is 2. The zero-order valence-corrected chi connectivity index (χ0v) is 17.9. The van der Waals surface area contributed by atoms with Crippen molar-refractivity contribution in [1.29, 1.82) is 0 Å². The number of rotatable bonds is 5. The molecule has 31 heavy (non-hydrogen) atoms. The van der Waals surface area contributed by atoms with Crippen molar-refractivity contribution in [3.8, 4) is 0 Å². The number of aliphatic hydroxyl groups is 1. The molecule has 0 unspecified atom stereocenters. The monoisotopic (exact) mass is 432 g/mol. The first-order valence-corrected chi connectivity index (χ1v) is 11.2. The molecule has 4 fully saturated rings. The second-order valence-electron chi connectivity index (χ2n) is 10.6. The van der Waals surface area contributed by atoms with Crippen LogP contribution in [0.2, 0.25) is 0 Å². The quantitative estimate of drug-likeness (QED) is 0.648. The minimum absolute atomic E-state index is 0.0167. The van der Waals surface area contributed by atoms with Gasteiger partial charge in [-0.1, -0.05) is 18.6 Å². The van der Waals surface area contributed by atoms with E-state index >= 15 is 0 Å². The molecule has 5 rings (SSSR count). The van der Waals surface area contributed by atoms with Crippen LogP contribution in [0.4, 0.5) is 4.39 Å². The predicted molar refractivity (Wildman–Crippen MR) is 108 cm³/mol. The van der Waals surface area contributed by atoms with E-state index in [0.29, 0.717) is 12.8 Å². The zero-order valence-electron chi connectivity index (χ0n) is 17.9. The number of hydrogen-bond donors (Lipinski definition) is 2. The van der Waals surface area contributed by atoms with E-state index in [2.05, 4.69) is 6.92 Å². The SMILES string of the molecule is C[C@]12C=CC(=O)C=C1CC[C@H]1[C@@H]3C[C@@H](CF)[C@](O)(C(=O)CCC(=O)O)[C@@]3(C)C[C@@H]3O[C@@]312. The van der Waals surface area contributed by atoms with Crippen LogP contribution in [0.5, 0.6) is 0 Å². The molecule has 1 heterocycles. The summed E-state index contributed by atoms with van der Waals surface area (Å²) in [7, 11) is 0. The van der Waals surface area contributed by atoms with Crippen LogP contribution in [-0.4, -0.2) is 51.7 Å². The van der Waals surface area contributed by atoms with Crippen LogP contribution in [0, 0.1) is 28.6 Å². The van der Waals surface area contributed by atoms with Gasteiger partial charge in [-0.15, -0.1) is 0 Å². The van der Waals surface area contributed by atoms with Crippen LogP contribution < -0.4 is 0 Å². The Morgan fingerprint density at radius 1 is 1.26 bits per heavy atom. The van der Waals surface area contributed by atoms with Gasteiger partial charge < -0.3 is 14.9 Å². The van der Waals surface area contributed by atoms with Crippen LogP contribution >= 0.6 is 0 Å². The fourth-order valence-corrected chi connectivity index (χ4v) is 7.95. The Hall–Kier alpha value is -1.86. The van der Waals surface area contributed by atoms with Crippen molar-refractivity contribution in [2.75, 3.05) is 6.67 Å². The molecule has 0 aromatic carbocycles. The van der Waals surface area contributed by atoms with Gasteiger partial charge in [-0.05, 0) is 56.6 Å². The Balaban J connectivity index is 1.54. The summed E-state index contributed by atoms with van der Waals surface area (Å²) in [6, 6.07) is 0. The van der Waals surface area contributed by atoms with Gasteiger partial charge in [0.15, 0.2) is 11.6 Å². The summed E-state index contributed by atoms with van der Waals surface area (Å²) in [5.41, 5.74) is -2.62. The van der Waals surface area contributed by atoms with E-state index in [9.17, 15) is 23.9 Å². The highest BCUT2D eigenvalue weighted by Gasteiger charge is 2.82. The third-order valence-corrected chi connectivity index (χ3v) is 9.50. The topological polar surface area (TPSA) is 104 Å². The third kappa shape index (κ3) is 2.37. The summed E-state index contributed by atoms with van der Waals surface area (Å²) < 4.78 is 20.6. The first-order chi connectivity index (χ1) is 14.5. The summed E-state index contributed by atoms with van der Waals surface area (Å²) in [6.45, 7) is 3.15. The number of Topliss-reactive ketones (excluding diaryl/α,β-unsaturated/α-hetero) is 1. The van der Waals surface area contributed by atoms with Gasteiger partial charge in [0, 0.05) is 23.2 Å². The molecule has 1 aliphatic heterocycles. The minimum Gasteiger partial charge on any atom is -0.481 e. The lowest BCUT2D eigenvalue weighted by Crippen LogP contribution is -2.62. The van der Waals surface area contributed by atoms with Gasteiger partial charge in [0.25, 0.3) is 0 Å². The van der Waals surface area contributed by atoms with Crippen LogP contribution in [0.15, 0.2) is 23.8 Å². The van der Waals surface area contributed by atoms with Gasteiger partial charge >= 0.3 is 5.97 Å². The molecule has 0 radical (unpaired) electrons. The standard InChI is InChI=1S/C24H29FO6/c1-21-8-7-15(26)9-13(21)3-4-16-17-10-14(12-25)23(30,18(27)5-6-20(28)29)22(17,2)11-19-24(16,21)31-19/h7-9,14,16-17,19,30H,3-6,10-12H2,1-2H3,(H,28,29)/t14-,16-,17-,19-,21-,22-,23-,24+/m0/s1. The predicted octanol–water partition coefficient (Wildman–Crippen LogP) is 2.79. The molecular formula is C24H29FO6. The summed E-state index contributed by atoms with van der Waals surface area (Å²) >= 11 is 0. The Morgan fingerprint density at radius 3 is 2.68 bits per heavy atom. The number of carbonyl (C=O) groups is 3. The summed E-state index contributed by atoms with van der Waals surface area (Å²) in [4.78, 5) is 36.1. The van der Waals surface area contributed by atoms with Crippen molar-refractivity contribution in [1.82, 2.24) is 0 Å². The molecule has 4 aliphatic carbocycles. The maximum absolute atomic E-state index is 14.2. The fourth-order valence-electron chi connectivity index (χ4n) is 7.95. The van der Waals surface area contributed by atoms with E-state index in [4.69, 9.17) is 9.84 Å². The molecule has 7 heteroatoms. The maximum atomic E-state index is 14.2. The van der Waals surface area contributed by atoms with Gasteiger partial charge in [-0.25, -0.2) is 0 Å². The van der Waals surface area contributed by atoms with E-state index in [1.165, 1.54) is 0 Å². The molecule has 0 aromatic heterocycles. The molecule has 2 N–H and O–H groups in total. The van der Waals surface area contributed by atoms with Crippen molar-refractivity contribution < 1.29 is 33.7 Å². The highest BCUT2D eigenvalue weighted by atomic mass is 19.1. The van der Waals surface area contributed by atoms with Crippen molar-refractivity contribution in [2.45, 2.75) is 69.7 Å². The molecule has 168 valence electrons. The van der Waals surface area contributed by atoms with Crippen LogP contribution in [0.1, 0.15) is 52.4 Å². The first kappa shape index (κ1) is 21.0. The zero-order chi connectivity index (χ0) is 22.4. The number of alkyl halides is 1. The van der Waals surface area contributed by atoms with Crippen molar-refractivity contribution in [3.63, 3.8) is 0 Å². The lowest BCUT2D eigenvalue weighted by molar-refractivity contribution is -0.166. The number of ketones is 2. The van der Waals surface area contributed by atoms with Crippen LogP contribution in [0.3, 0.4) is 0 Å². The number of carboxylic acids is 1. The second kappa shape index (κ2) is 6.35. The average molecular weight is 432 g/mol. The maximum Gasteiger partial charge on any atom is 0.303 e. The molecular weight excluding hydrogens is 403 g/mol. The number of hydrogen-bond acceptors (Lipinski definition) is 5. The average Bonchev–Trinajstić information content (AvgIpc) is 3.39. The Bertz CT molecular complexity index is 940. The first-order valence-electron chi connectivity index (χ1n) is 11.2. The molecule has 0 bridgehead atoms. The molecule has 0 amide bonds. The summed E-state index contributed by atoms with van der Waals surface area (Å²) in [5, 5.41) is 20.7. The van der Waals surface area contributed by atoms with Crippen LogP contribution in [0.25, 0.3) is 0 Å². The number of fused-ring (bicyclic) bond motifs is 3. The largest absolute Gasteiger partial charge is 0.481 e. The van der Waals surface area contributed by atoms with Gasteiger partial charge in [-0.3, -0.25) is 18.8 Å². The normalized spacial score (nSPS) is 49.4. The molecule has 5 aliphatic rings. The van der Waals surface area contributed by atoms with E-state index in [1.807, 2.05) is 13.0 Å². The minimum atomic E-state index is -1.89. The smallest absolute Gasteiger partial charge is 0.303 e. The molecule has 1 spiro atoms. The molecule has 3 saturated carbocycles. The molecule has 6 nitrogen and oxygen atoms in total. The Morgan fingerprint density at radius 2 is 2.00 bits per heavy atom. The molecule has 8 atom stereocenters. The van der Waals surface area contributed by atoms with Gasteiger partial charge in [0.2, 0.25) is 0 Å². The lowest BCUT2D eigenvalue weighted by Gasteiger charge is -2.55. The van der Waals surface area contributed by atoms with Gasteiger partial charge in [0.05, 0.1) is 19.2 Å². The highest BCUT2D eigenvalue weighted by molar-refractivity contribution is 6.01. The molecule has 0 aromatic rings. The number of halogens is 1. The number of ether oxygens (including phenoxy) is 1. The van der Waals surface area contributed by atoms with E-state index in [1.54, 1.807) is 12.2 Å². The molecule has 1 saturated heterocycles. The van der Waals surface area contributed by atoms with Gasteiger partial charge in [0.1, 0.15) is 11.2 Å². The van der Waals surface area contributed by atoms with Crippen molar-refractivity contribution in [2.24, 2.45) is 28.6 Å². The summed E-state index contributed by atoms with van der Waals surface area (Å²) in [5.74, 6) is -2.62. The second-order valence-corrected chi connectivity index (χ2v) is 10.6. The summed E-state index contributed by atoms with van der Waals surface area (Å²) in [6.07, 6.45) is 6.67. The fraction of sp³-hybridized carbons (Fsp3) is 0.708. The van der Waals surface area contributed by atoms with E-state index in [0.717, 1.165) is 18.4 Å². The third-order valence-electron chi connectivity index (χ3n) is 9.50. The number of carboxylic acid groups (broad SMARTS) is 1. The van der Waals surface area contributed by atoms with Crippen LogP contribution in [-0.2, 0) is 19.1 Å². The number of epoxide rings is 1. The highest BCUT2D eigenvalue weighted by Crippen LogP contribution is 2.76. The number of aliphatic carboxylic acids is 1. The van der Waals surface area contributed by atoms with Crippen molar-refractivity contribution in [3.05, 3.63) is 23.8 Å². The van der Waals surface area contributed by atoms with Gasteiger partial charge in [-0.2, -0.15) is 0 Å². The van der Waals surface area contributed by atoms with Crippen molar-refractivity contribution >= 4 is 17.5 Å². The lowest BCUT2D eigenvalue weighted by atomic mass is 9.46.